The lowest BCUT2D eigenvalue weighted by Crippen LogP contribution is -2.51. The van der Waals surface area contributed by atoms with Crippen molar-refractivity contribution in [2.75, 3.05) is 46.5 Å². The molecule has 9 heteroatoms. The van der Waals surface area contributed by atoms with E-state index in [-0.39, 0.29) is 19.1 Å². The van der Waals surface area contributed by atoms with Crippen LogP contribution in [0, 0.1) is 6.92 Å². The average Bonchev–Trinajstić information content (AvgIpc) is 3.36. The van der Waals surface area contributed by atoms with Gasteiger partial charge in [-0.15, -0.1) is 0 Å². The standard InChI is InChI=1S/C29H38N4O5/c1-23-5-8-26(9-6-23)38-21-29(35)19-32(14-15-33(20-29)24(2)34)18-25-7-10-27(36-3)28(17-25)37-16-4-12-31-13-11-30-22-31/h5-11,13,17,22,35H,4,12,14-16,18-21H2,1-3H3/t29-/m1/s1. The smallest absolute Gasteiger partial charge is 0.219 e. The van der Waals surface area contributed by atoms with Crippen molar-refractivity contribution in [2.24, 2.45) is 0 Å². The number of hydrogen-bond acceptors (Lipinski definition) is 7. The van der Waals surface area contributed by atoms with Gasteiger partial charge in [-0.2, -0.15) is 0 Å². The number of imidazole rings is 1. The molecular weight excluding hydrogens is 484 g/mol. The molecule has 2 heterocycles. The minimum Gasteiger partial charge on any atom is -0.493 e. The molecule has 1 aliphatic rings. The van der Waals surface area contributed by atoms with Gasteiger partial charge in [0.2, 0.25) is 5.91 Å². The van der Waals surface area contributed by atoms with E-state index in [1.807, 2.05) is 60.2 Å². The minimum atomic E-state index is -1.22. The van der Waals surface area contributed by atoms with Crippen LogP contribution >= 0.6 is 0 Å². The highest BCUT2D eigenvalue weighted by atomic mass is 16.5. The normalized spacial score (nSPS) is 18.2. The van der Waals surface area contributed by atoms with Gasteiger partial charge in [0, 0.05) is 52.0 Å². The van der Waals surface area contributed by atoms with Gasteiger partial charge in [-0.05, 0) is 43.2 Å². The Labute approximate surface area is 224 Å². The number of rotatable bonds is 11. The van der Waals surface area contributed by atoms with Crippen molar-refractivity contribution < 1.29 is 24.1 Å². The third-order valence-electron chi connectivity index (χ3n) is 6.67. The van der Waals surface area contributed by atoms with E-state index in [2.05, 4.69) is 9.88 Å². The molecule has 0 bridgehead atoms. The highest BCUT2D eigenvalue weighted by Crippen LogP contribution is 2.29. The second kappa shape index (κ2) is 12.8. The zero-order chi connectivity index (χ0) is 27.0. The summed E-state index contributed by atoms with van der Waals surface area (Å²) in [6, 6.07) is 13.6. The van der Waals surface area contributed by atoms with Gasteiger partial charge in [0.05, 0.1) is 26.6 Å². The summed E-state index contributed by atoms with van der Waals surface area (Å²) in [5.74, 6) is 2.00. The summed E-state index contributed by atoms with van der Waals surface area (Å²) >= 11 is 0. The summed E-state index contributed by atoms with van der Waals surface area (Å²) in [4.78, 5) is 20.2. The topological polar surface area (TPSA) is 89.3 Å². The number of aryl methyl sites for hydroxylation is 2. The van der Waals surface area contributed by atoms with Crippen LogP contribution in [-0.2, 0) is 17.9 Å². The Morgan fingerprint density at radius 3 is 2.61 bits per heavy atom. The largest absolute Gasteiger partial charge is 0.493 e. The molecular formula is C29H38N4O5. The number of nitrogens with zero attached hydrogens (tertiary/aromatic N) is 4. The van der Waals surface area contributed by atoms with Crippen molar-refractivity contribution in [3.05, 3.63) is 72.3 Å². The first-order valence-electron chi connectivity index (χ1n) is 13.0. The molecule has 1 aliphatic heterocycles. The first-order chi connectivity index (χ1) is 18.3. The van der Waals surface area contributed by atoms with Crippen LogP contribution in [0.3, 0.4) is 0 Å². The Bertz CT molecular complexity index is 1170. The van der Waals surface area contributed by atoms with Crippen LogP contribution in [0.4, 0.5) is 0 Å². The number of amides is 1. The molecule has 4 rings (SSSR count). The zero-order valence-electron chi connectivity index (χ0n) is 22.5. The molecule has 38 heavy (non-hydrogen) atoms. The van der Waals surface area contributed by atoms with E-state index in [0.29, 0.717) is 50.0 Å². The molecule has 0 unspecified atom stereocenters. The summed E-state index contributed by atoms with van der Waals surface area (Å²) in [7, 11) is 1.63. The third kappa shape index (κ3) is 7.72. The quantitative estimate of drug-likeness (QED) is 0.387. The molecule has 0 spiro atoms. The summed E-state index contributed by atoms with van der Waals surface area (Å²) in [5.41, 5.74) is 0.959. The lowest BCUT2D eigenvalue weighted by Gasteiger charge is -2.32. The second-order valence-corrected chi connectivity index (χ2v) is 9.97. The molecule has 0 aliphatic carbocycles. The van der Waals surface area contributed by atoms with E-state index in [9.17, 15) is 9.90 Å². The van der Waals surface area contributed by atoms with Gasteiger partial charge >= 0.3 is 0 Å². The van der Waals surface area contributed by atoms with Crippen molar-refractivity contribution >= 4 is 5.91 Å². The summed E-state index contributed by atoms with van der Waals surface area (Å²) in [6.45, 7) is 7.37. The number of β-amino-alcohol motifs (C(OH)–C–C–N with tert-alkyl or cyclic N) is 1. The molecule has 1 amide bonds. The molecule has 0 saturated carbocycles. The first kappa shape index (κ1) is 27.5. The van der Waals surface area contributed by atoms with Crippen LogP contribution < -0.4 is 14.2 Å². The molecule has 0 radical (unpaired) electrons. The van der Waals surface area contributed by atoms with Crippen LogP contribution in [0.25, 0.3) is 0 Å². The number of hydrogen-bond donors (Lipinski definition) is 1. The van der Waals surface area contributed by atoms with Gasteiger partial charge in [-0.1, -0.05) is 23.8 Å². The van der Waals surface area contributed by atoms with Crippen molar-refractivity contribution in [1.82, 2.24) is 19.4 Å². The number of carbonyl (C=O) groups is 1. The highest BCUT2D eigenvalue weighted by Gasteiger charge is 2.37. The molecule has 2 aromatic carbocycles. The fraction of sp³-hybridized carbons (Fsp3) is 0.448. The van der Waals surface area contributed by atoms with Crippen molar-refractivity contribution in [1.29, 1.82) is 0 Å². The van der Waals surface area contributed by atoms with Crippen molar-refractivity contribution in [3.8, 4) is 17.2 Å². The third-order valence-corrected chi connectivity index (χ3v) is 6.67. The summed E-state index contributed by atoms with van der Waals surface area (Å²) < 4.78 is 19.6. The molecule has 1 fully saturated rings. The molecule has 1 N–H and O–H groups in total. The van der Waals surface area contributed by atoms with Crippen LogP contribution in [0.2, 0.25) is 0 Å². The van der Waals surface area contributed by atoms with E-state index in [1.54, 1.807) is 24.5 Å². The lowest BCUT2D eigenvalue weighted by atomic mass is 10.0. The molecule has 9 nitrogen and oxygen atoms in total. The van der Waals surface area contributed by atoms with Gasteiger partial charge in [0.25, 0.3) is 0 Å². The van der Waals surface area contributed by atoms with Crippen LogP contribution in [-0.4, -0.2) is 82.5 Å². The number of aromatic nitrogens is 2. The van der Waals surface area contributed by atoms with Crippen molar-refractivity contribution in [3.63, 3.8) is 0 Å². The molecule has 1 atom stereocenters. The van der Waals surface area contributed by atoms with Crippen molar-refractivity contribution in [2.45, 2.75) is 39.0 Å². The Morgan fingerprint density at radius 2 is 1.89 bits per heavy atom. The van der Waals surface area contributed by atoms with E-state index >= 15 is 0 Å². The van der Waals surface area contributed by atoms with E-state index in [1.165, 1.54) is 6.92 Å². The van der Waals surface area contributed by atoms with E-state index in [4.69, 9.17) is 14.2 Å². The van der Waals surface area contributed by atoms with Gasteiger partial charge < -0.3 is 28.8 Å². The summed E-state index contributed by atoms with van der Waals surface area (Å²) in [6.07, 6.45) is 6.33. The molecule has 1 aromatic heterocycles. The maximum Gasteiger partial charge on any atom is 0.219 e. The Kier molecular flexibility index (Phi) is 9.25. The van der Waals surface area contributed by atoms with E-state index in [0.717, 1.165) is 24.1 Å². The fourth-order valence-electron chi connectivity index (χ4n) is 4.63. The number of methoxy groups -OCH3 is 1. The molecule has 1 saturated heterocycles. The van der Waals surface area contributed by atoms with Crippen LogP contribution in [0.5, 0.6) is 17.2 Å². The number of aliphatic hydroxyl groups is 1. The number of ether oxygens (including phenoxy) is 3. The lowest BCUT2D eigenvalue weighted by molar-refractivity contribution is -0.132. The van der Waals surface area contributed by atoms with Gasteiger partial charge in [-0.3, -0.25) is 9.69 Å². The van der Waals surface area contributed by atoms with Gasteiger partial charge in [-0.25, -0.2) is 4.98 Å². The maximum atomic E-state index is 12.3. The summed E-state index contributed by atoms with van der Waals surface area (Å²) in [5, 5.41) is 11.6. The highest BCUT2D eigenvalue weighted by molar-refractivity contribution is 5.73. The predicted octanol–water partition coefficient (Wildman–Crippen LogP) is 3.14. The second-order valence-electron chi connectivity index (χ2n) is 9.97. The zero-order valence-corrected chi connectivity index (χ0v) is 22.5. The Morgan fingerprint density at radius 1 is 1.08 bits per heavy atom. The van der Waals surface area contributed by atoms with Gasteiger partial charge in [0.1, 0.15) is 18.0 Å². The maximum absolute atomic E-state index is 12.3. The van der Waals surface area contributed by atoms with E-state index < -0.39 is 5.60 Å². The van der Waals surface area contributed by atoms with Gasteiger partial charge in [0.15, 0.2) is 11.5 Å². The molecule has 3 aromatic rings. The molecule has 204 valence electrons. The van der Waals surface area contributed by atoms with Crippen LogP contribution in [0.1, 0.15) is 24.5 Å². The fourth-order valence-corrected chi connectivity index (χ4v) is 4.63. The number of carbonyl (C=O) groups excluding carboxylic acids is 1. The average molecular weight is 523 g/mol. The van der Waals surface area contributed by atoms with Crippen LogP contribution in [0.15, 0.2) is 61.2 Å². The minimum absolute atomic E-state index is 0.0589. The predicted molar refractivity (Wildman–Crippen MR) is 144 cm³/mol. The monoisotopic (exact) mass is 522 g/mol. The number of benzene rings is 2. The Balaban J connectivity index is 1.41. The SMILES string of the molecule is COc1ccc(CN2CCN(C(C)=O)C[C@@](O)(COc3ccc(C)cc3)C2)cc1OCCCn1ccnc1. The first-order valence-corrected chi connectivity index (χ1v) is 13.0. The Hall–Kier alpha value is -3.56.